The van der Waals surface area contributed by atoms with Crippen molar-refractivity contribution in [2.24, 2.45) is 5.92 Å². The van der Waals surface area contributed by atoms with Gasteiger partial charge in [-0.05, 0) is 33.1 Å². The van der Waals surface area contributed by atoms with E-state index < -0.39 is 11.7 Å². The quantitative estimate of drug-likeness (QED) is 0.542. The molecule has 0 unspecified atom stereocenters. The van der Waals surface area contributed by atoms with Gasteiger partial charge in [-0.15, -0.1) is 0 Å². The third-order valence-electron chi connectivity index (χ3n) is 1.44. The molecule has 4 heteroatoms. The summed E-state index contributed by atoms with van der Waals surface area (Å²) in [6.45, 7) is 10.5. The van der Waals surface area contributed by atoms with Crippen LogP contribution in [0.25, 0.3) is 0 Å². The molecule has 0 aliphatic carbocycles. The van der Waals surface area contributed by atoms with E-state index in [1.54, 1.807) is 0 Å². The molecule has 0 atom stereocenters. The molecule has 0 radical (unpaired) electrons. The molecule has 2 N–H and O–H groups in total. The molecule has 0 fully saturated rings. The van der Waals surface area contributed by atoms with Crippen molar-refractivity contribution in [3.05, 3.63) is 0 Å². The minimum absolute atomic E-state index is 0.429. The monoisotopic (exact) mass is 202 g/mol. The number of rotatable bonds is 4. The first-order valence-corrected chi connectivity index (χ1v) is 5.03. The summed E-state index contributed by atoms with van der Waals surface area (Å²) in [6.07, 6.45) is 0.594. The molecule has 0 heterocycles. The van der Waals surface area contributed by atoms with E-state index >= 15 is 0 Å². The van der Waals surface area contributed by atoms with E-state index in [1.165, 1.54) is 0 Å². The van der Waals surface area contributed by atoms with Gasteiger partial charge in [0.15, 0.2) is 0 Å². The van der Waals surface area contributed by atoms with Gasteiger partial charge in [0, 0.05) is 6.54 Å². The molecule has 14 heavy (non-hydrogen) atoms. The summed E-state index contributed by atoms with van der Waals surface area (Å²) in [7, 11) is 0. The molecule has 4 nitrogen and oxygen atoms in total. The van der Waals surface area contributed by atoms with Crippen LogP contribution < -0.4 is 10.9 Å². The molecule has 0 aromatic rings. The zero-order chi connectivity index (χ0) is 11.2. The predicted octanol–water partition coefficient (Wildman–Crippen LogP) is 2.06. The standard InChI is InChI=1S/C10H22N2O2/c1-8(2)6-7-11-12-9(13)14-10(3,4)5/h8,11H,6-7H2,1-5H3,(H,12,13). The molecule has 0 saturated heterocycles. The highest BCUT2D eigenvalue weighted by Gasteiger charge is 2.15. The number of hydrogen-bond donors (Lipinski definition) is 2. The van der Waals surface area contributed by atoms with Gasteiger partial charge >= 0.3 is 6.09 Å². The highest BCUT2D eigenvalue weighted by molar-refractivity contribution is 5.66. The van der Waals surface area contributed by atoms with Gasteiger partial charge in [-0.1, -0.05) is 13.8 Å². The van der Waals surface area contributed by atoms with Crippen molar-refractivity contribution in [3.8, 4) is 0 Å². The molecule has 0 rings (SSSR count). The minimum atomic E-state index is -0.441. The van der Waals surface area contributed by atoms with Gasteiger partial charge in [0.05, 0.1) is 0 Å². The molecule has 0 aliphatic rings. The number of carbonyl (C=O) groups is 1. The summed E-state index contributed by atoms with van der Waals surface area (Å²) < 4.78 is 5.03. The number of hydrogen-bond acceptors (Lipinski definition) is 3. The first-order valence-electron chi connectivity index (χ1n) is 5.03. The van der Waals surface area contributed by atoms with Crippen molar-refractivity contribution in [1.29, 1.82) is 0 Å². The molecule has 1 amide bonds. The zero-order valence-corrected chi connectivity index (χ0v) is 9.81. The maximum Gasteiger partial charge on any atom is 0.422 e. The average molecular weight is 202 g/mol. The van der Waals surface area contributed by atoms with E-state index in [2.05, 4.69) is 24.7 Å². The number of amides is 1. The number of nitrogens with one attached hydrogen (secondary N) is 2. The van der Waals surface area contributed by atoms with Crippen LogP contribution in [0.2, 0.25) is 0 Å². The normalized spacial score (nSPS) is 11.6. The molecular formula is C10H22N2O2. The lowest BCUT2D eigenvalue weighted by atomic mass is 10.1. The Kier molecular flexibility index (Phi) is 5.53. The van der Waals surface area contributed by atoms with Crippen molar-refractivity contribution < 1.29 is 9.53 Å². The van der Waals surface area contributed by atoms with Crippen LogP contribution >= 0.6 is 0 Å². The summed E-state index contributed by atoms with van der Waals surface area (Å²) in [5, 5.41) is 0. The molecule has 0 saturated carbocycles. The highest BCUT2D eigenvalue weighted by Crippen LogP contribution is 2.05. The Morgan fingerprint density at radius 3 is 2.36 bits per heavy atom. The van der Waals surface area contributed by atoms with E-state index in [9.17, 15) is 4.79 Å². The van der Waals surface area contributed by atoms with Gasteiger partial charge < -0.3 is 4.74 Å². The maximum absolute atomic E-state index is 11.1. The van der Waals surface area contributed by atoms with Gasteiger partial charge in [-0.2, -0.15) is 0 Å². The van der Waals surface area contributed by atoms with Gasteiger partial charge in [-0.3, -0.25) is 5.43 Å². The summed E-state index contributed by atoms with van der Waals surface area (Å²) >= 11 is 0. The lowest BCUT2D eigenvalue weighted by molar-refractivity contribution is 0.0497. The van der Waals surface area contributed by atoms with E-state index in [0.717, 1.165) is 13.0 Å². The average Bonchev–Trinajstić information content (AvgIpc) is 1.94. The van der Waals surface area contributed by atoms with Crippen LogP contribution in [0.4, 0.5) is 4.79 Å². The first-order chi connectivity index (χ1) is 6.31. The Hall–Kier alpha value is -0.770. The van der Waals surface area contributed by atoms with Gasteiger partial charge in [0.1, 0.15) is 5.60 Å². The second kappa shape index (κ2) is 5.86. The Morgan fingerprint density at radius 1 is 1.36 bits per heavy atom. The van der Waals surface area contributed by atoms with Crippen molar-refractivity contribution in [2.45, 2.75) is 46.6 Å². The number of hydrazine groups is 1. The molecule has 84 valence electrons. The molecule has 0 bridgehead atoms. The van der Waals surface area contributed by atoms with Crippen LogP contribution in [0.1, 0.15) is 41.0 Å². The third kappa shape index (κ3) is 9.32. The predicted molar refractivity (Wildman–Crippen MR) is 56.8 cm³/mol. The van der Waals surface area contributed by atoms with Crippen molar-refractivity contribution in [1.82, 2.24) is 10.9 Å². The van der Waals surface area contributed by atoms with E-state index in [-0.39, 0.29) is 0 Å². The third-order valence-corrected chi connectivity index (χ3v) is 1.44. The van der Waals surface area contributed by atoms with E-state index in [1.807, 2.05) is 20.8 Å². The largest absolute Gasteiger partial charge is 0.443 e. The Labute approximate surface area is 86.4 Å². The van der Waals surface area contributed by atoms with Crippen LogP contribution in [-0.2, 0) is 4.74 Å². The van der Waals surface area contributed by atoms with Gasteiger partial charge in [0.2, 0.25) is 0 Å². The van der Waals surface area contributed by atoms with Gasteiger partial charge in [-0.25, -0.2) is 10.2 Å². The first kappa shape index (κ1) is 13.2. The Bertz CT molecular complexity index is 173. The maximum atomic E-state index is 11.1. The molecule has 0 aliphatic heterocycles. The van der Waals surface area contributed by atoms with Crippen LogP contribution in [0.15, 0.2) is 0 Å². The van der Waals surface area contributed by atoms with Gasteiger partial charge in [0.25, 0.3) is 0 Å². The molecular weight excluding hydrogens is 180 g/mol. The lowest BCUT2D eigenvalue weighted by Crippen LogP contribution is -2.41. The van der Waals surface area contributed by atoms with Crippen molar-refractivity contribution in [2.75, 3.05) is 6.54 Å². The van der Waals surface area contributed by atoms with E-state index in [4.69, 9.17) is 4.74 Å². The zero-order valence-electron chi connectivity index (χ0n) is 9.81. The molecule has 0 aromatic heterocycles. The van der Waals surface area contributed by atoms with Crippen LogP contribution in [-0.4, -0.2) is 18.2 Å². The summed E-state index contributed by atoms with van der Waals surface area (Å²) in [5.74, 6) is 0.628. The number of carbonyl (C=O) groups excluding carboxylic acids is 1. The Balaban J connectivity index is 3.46. The fraction of sp³-hybridized carbons (Fsp3) is 0.900. The SMILES string of the molecule is CC(C)CCNNC(=O)OC(C)(C)C. The molecule has 0 spiro atoms. The van der Waals surface area contributed by atoms with Crippen LogP contribution in [0, 0.1) is 5.92 Å². The highest BCUT2D eigenvalue weighted by atomic mass is 16.6. The van der Waals surface area contributed by atoms with Crippen LogP contribution in [0.5, 0.6) is 0 Å². The second-order valence-corrected chi connectivity index (χ2v) is 4.74. The summed E-state index contributed by atoms with van der Waals surface area (Å²) in [5.41, 5.74) is 4.86. The Morgan fingerprint density at radius 2 is 1.93 bits per heavy atom. The topological polar surface area (TPSA) is 50.4 Å². The fourth-order valence-electron chi connectivity index (χ4n) is 0.799. The summed E-state index contributed by atoms with van der Waals surface area (Å²) in [4.78, 5) is 11.1. The second-order valence-electron chi connectivity index (χ2n) is 4.74. The fourth-order valence-corrected chi connectivity index (χ4v) is 0.799. The van der Waals surface area contributed by atoms with Crippen LogP contribution in [0.3, 0.4) is 0 Å². The van der Waals surface area contributed by atoms with E-state index in [0.29, 0.717) is 5.92 Å². The van der Waals surface area contributed by atoms with Crippen molar-refractivity contribution in [3.63, 3.8) is 0 Å². The molecule has 0 aromatic carbocycles. The minimum Gasteiger partial charge on any atom is -0.443 e. The van der Waals surface area contributed by atoms with Crippen molar-refractivity contribution >= 4 is 6.09 Å². The smallest absolute Gasteiger partial charge is 0.422 e. The summed E-state index contributed by atoms with van der Waals surface area (Å²) in [6, 6.07) is 0. The number of ether oxygens (including phenoxy) is 1. The lowest BCUT2D eigenvalue weighted by Gasteiger charge is -2.19.